The molecule has 1 aromatic rings. The SMILES string of the molecule is CCCCC(=O)NCC(OC)c1ccccc1C. The van der Waals surface area contributed by atoms with Crippen LogP contribution >= 0.6 is 0 Å². The Hall–Kier alpha value is -1.35. The van der Waals surface area contributed by atoms with E-state index in [4.69, 9.17) is 4.74 Å². The molecule has 0 fully saturated rings. The molecule has 0 aromatic heterocycles. The molecule has 1 aromatic carbocycles. The number of hydrogen-bond acceptors (Lipinski definition) is 2. The van der Waals surface area contributed by atoms with Gasteiger partial charge in [-0.1, -0.05) is 37.6 Å². The molecule has 1 unspecified atom stereocenters. The number of hydrogen-bond donors (Lipinski definition) is 1. The minimum atomic E-state index is -0.0724. The van der Waals surface area contributed by atoms with Gasteiger partial charge in [0, 0.05) is 20.1 Å². The molecule has 0 bridgehead atoms. The highest BCUT2D eigenvalue weighted by Gasteiger charge is 2.13. The zero-order valence-electron chi connectivity index (χ0n) is 11.5. The van der Waals surface area contributed by atoms with Crippen molar-refractivity contribution in [3.05, 3.63) is 35.4 Å². The van der Waals surface area contributed by atoms with Crippen LogP contribution in [-0.4, -0.2) is 19.6 Å². The first-order chi connectivity index (χ1) is 8.69. The lowest BCUT2D eigenvalue weighted by Gasteiger charge is -2.18. The Morgan fingerprint density at radius 1 is 1.39 bits per heavy atom. The van der Waals surface area contributed by atoms with Crippen molar-refractivity contribution in [1.82, 2.24) is 5.32 Å². The van der Waals surface area contributed by atoms with Crippen LogP contribution in [0.25, 0.3) is 0 Å². The van der Waals surface area contributed by atoms with Gasteiger partial charge in [0.1, 0.15) is 0 Å². The van der Waals surface area contributed by atoms with Gasteiger partial charge in [-0.05, 0) is 24.5 Å². The maximum atomic E-state index is 11.6. The topological polar surface area (TPSA) is 38.3 Å². The Kier molecular flexibility index (Phi) is 6.44. The molecule has 18 heavy (non-hydrogen) atoms. The second-order valence-electron chi connectivity index (χ2n) is 4.49. The third kappa shape index (κ3) is 4.49. The highest BCUT2D eigenvalue weighted by molar-refractivity contribution is 5.75. The summed E-state index contributed by atoms with van der Waals surface area (Å²) in [5.41, 5.74) is 2.32. The maximum Gasteiger partial charge on any atom is 0.220 e. The quantitative estimate of drug-likeness (QED) is 0.806. The molecule has 0 aliphatic carbocycles. The molecule has 0 aliphatic rings. The van der Waals surface area contributed by atoms with E-state index in [9.17, 15) is 4.79 Å². The van der Waals surface area contributed by atoms with Gasteiger partial charge in [0.05, 0.1) is 6.10 Å². The van der Waals surface area contributed by atoms with E-state index >= 15 is 0 Å². The van der Waals surface area contributed by atoms with Crippen LogP contribution in [0.5, 0.6) is 0 Å². The molecule has 1 rings (SSSR count). The summed E-state index contributed by atoms with van der Waals surface area (Å²) in [6.07, 6.45) is 2.50. The number of unbranched alkanes of at least 4 members (excludes halogenated alkanes) is 1. The number of benzene rings is 1. The summed E-state index contributed by atoms with van der Waals surface area (Å²) in [5.74, 6) is 0.104. The number of carbonyl (C=O) groups excluding carboxylic acids is 1. The third-order valence-corrected chi connectivity index (χ3v) is 3.06. The normalized spacial score (nSPS) is 12.2. The predicted octanol–water partition coefficient (Wildman–Crippen LogP) is 2.99. The van der Waals surface area contributed by atoms with Crippen LogP contribution in [-0.2, 0) is 9.53 Å². The van der Waals surface area contributed by atoms with Crippen LogP contribution in [0.1, 0.15) is 43.4 Å². The van der Waals surface area contributed by atoms with Crippen molar-refractivity contribution in [1.29, 1.82) is 0 Å². The summed E-state index contributed by atoms with van der Waals surface area (Å²) in [7, 11) is 1.68. The van der Waals surface area contributed by atoms with Crippen LogP contribution < -0.4 is 5.32 Å². The van der Waals surface area contributed by atoms with Gasteiger partial charge in [-0.3, -0.25) is 4.79 Å². The largest absolute Gasteiger partial charge is 0.375 e. The Labute approximate surface area is 110 Å². The number of methoxy groups -OCH3 is 1. The zero-order valence-corrected chi connectivity index (χ0v) is 11.5. The molecule has 0 aliphatic heterocycles. The first-order valence-electron chi connectivity index (χ1n) is 6.54. The molecule has 3 heteroatoms. The van der Waals surface area contributed by atoms with Gasteiger partial charge >= 0.3 is 0 Å². The molecule has 1 atom stereocenters. The van der Waals surface area contributed by atoms with E-state index in [0.29, 0.717) is 13.0 Å². The summed E-state index contributed by atoms with van der Waals surface area (Å²) in [6, 6.07) is 8.10. The number of ether oxygens (including phenoxy) is 1. The van der Waals surface area contributed by atoms with Crippen LogP contribution in [0, 0.1) is 6.92 Å². The van der Waals surface area contributed by atoms with E-state index in [1.807, 2.05) is 18.2 Å². The molecule has 100 valence electrons. The number of rotatable bonds is 7. The van der Waals surface area contributed by atoms with Crippen molar-refractivity contribution >= 4 is 5.91 Å². The van der Waals surface area contributed by atoms with Gasteiger partial charge < -0.3 is 10.1 Å². The van der Waals surface area contributed by atoms with Crippen molar-refractivity contribution in [2.75, 3.05) is 13.7 Å². The highest BCUT2D eigenvalue weighted by atomic mass is 16.5. The first kappa shape index (κ1) is 14.7. The second kappa shape index (κ2) is 7.88. The van der Waals surface area contributed by atoms with Gasteiger partial charge in [-0.15, -0.1) is 0 Å². The molecule has 0 spiro atoms. The van der Waals surface area contributed by atoms with Gasteiger partial charge in [0.2, 0.25) is 5.91 Å². The maximum absolute atomic E-state index is 11.6. The molecule has 0 heterocycles. The number of amides is 1. The average Bonchev–Trinajstić information content (AvgIpc) is 2.39. The zero-order chi connectivity index (χ0) is 13.4. The fourth-order valence-electron chi connectivity index (χ4n) is 1.90. The van der Waals surface area contributed by atoms with Crippen molar-refractivity contribution in [3.8, 4) is 0 Å². The minimum absolute atomic E-state index is 0.0724. The smallest absolute Gasteiger partial charge is 0.220 e. The number of aryl methyl sites for hydroxylation is 1. The lowest BCUT2D eigenvalue weighted by molar-refractivity contribution is -0.121. The monoisotopic (exact) mass is 249 g/mol. The fourth-order valence-corrected chi connectivity index (χ4v) is 1.90. The Balaban J connectivity index is 2.53. The van der Waals surface area contributed by atoms with Gasteiger partial charge in [-0.2, -0.15) is 0 Å². The van der Waals surface area contributed by atoms with E-state index in [1.165, 1.54) is 5.56 Å². The molecular formula is C15H23NO2. The van der Waals surface area contributed by atoms with E-state index in [-0.39, 0.29) is 12.0 Å². The van der Waals surface area contributed by atoms with E-state index in [2.05, 4.69) is 25.2 Å². The van der Waals surface area contributed by atoms with E-state index in [1.54, 1.807) is 7.11 Å². The first-order valence-corrected chi connectivity index (χ1v) is 6.54. The standard InChI is InChI=1S/C15H23NO2/c1-4-5-10-15(17)16-11-14(18-3)13-9-7-6-8-12(13)2/h6-9,14H,4-5,10-11H2,1-3H3,(H,16,17). The van der Waals surface area contributed by atoms with Crippen LogP contribution in [0.3, 0.4) is 0 Å². The van der Waals surface area contributed by atoms with E-state index in [0.717, 1.165) is 18.4 Å². The summed E-state index contributed by atoms with van der Waals surface area (Å²) in [4.78, 5) is 11.6. The Bertz CT molecular complexity index is 377. The van der Waals surface area contributed by atoms with Crippen LogP contribution in [0.4, 0.5) is 0 Å². The van der Waals surface area contributed by atoms with Gasteiger partial charge in [0.15, 0.2) is 0 Å². The van der Waals surface area contributed by atoms with Crippen molar-refractivity contribution in [2.45, 2.75) is 39.2 Å². The molecule has 1 N–H and O–H groups in total. The number of nitrogens with one attached hydrogen (secondary N) is 1. The number of carbonyl (C=O) groups is 1. The molecule has 0 radical (unpaired) electrons. The summed E-state index contributed by atoms with van der Waals surface area (Å²) in [5, 5.41) is 2.93. The van der Waals surface area contributed by atoms with Crippen molar-refractivity contribution < 1.29 is 9.53 Å². The summed E-state index contributed by atoms with van der Waals surface area (Å²) < 4.78 is 5.46. The molecular weight excluding hydrogens is 226 g/mol. The second-order valence-corrected chi connectivity index (χ2v) is 4.49. The average molecular weight is 249 g/mol. The van der Waals surface area contributed by atoms with E-state index < -0.39 is 0 Å². The Morgan fingerprint density at radius 2 is 2.11 bits per heavy atom. The lowest BCUT2D eigenvalue weighted by atomic mass is 10.0. The van der Waals surface area contributed by atoms with Gasteiger partial charge in [0.25, 0.3) is 0 Å². The van der Waals surface area contributed by atoms with Gasteiger partial charge in [-0.25, -0.2) is 0 Å². The molecule has 1 amide bonds. The molecule has 0 saturated carbocycles. The Morgan fingerprint density at radius 3 is 2.72 bits per heavy atom. The van der Waals surface area contributed by atoms with Crippen LogP contribution in [0.2, 0.25) is 0 Å². The van der Waals surface area contributed by atoms with Crippen molar-refractivity contribution in [2.24, 2.45) is 0 Å². The third-order valence-electron chi connectivity index (χ3n) is 3.06. The summed E-state index contributed by atoms with van der Waals surface area (Å²) in [6.45, 7) is 4.67. The predicted molar refractivity (Wildman–Crippen MR) is 73.5 cm³/mol. The fraction of sp³-hybridized carbons (Fsp3) is 0.533. The molecule has 3 nitrogen and oxygen atoms in total. The van der Waals surface area contributed by atoms with Crippen LogP contribution in [0.15, 0.2) is 24.3 Å². The van der Waals surface area contributed by atoms with Crippen molar-refractivity contribution in [3.63, 3.8) is 0 Å². The lowest BCUT2D eigenvalue weighted by Crippen LogP contribution is -2.29. The summed E-state index contributed by atoms with van der Waals surface area (Å²) >= 11 is 0. The minimum Gasteiger partial charge on any atom is -0.375 e. The highest BCUT2D eigenvalue weighted by Crippen LogP contribution is 2.19. The molecule has 0 saturated heterocycles.